The molecule has 0 radical (unpaired) electrons. The number of nitrogens with one attached hydrogen (secondary N) is 2. The Labute approximate surface area is 148 Å². The molecule has 0 aromatic heterocycles. The molecule has 2 amide bonds. The van der Waals surface area contributed by atoms with Gasteiger partial charge in [-0.05, 0) is 36.4 Å². The van der Waals surface area contributed by atoms with Crippen LogP contribution in [0.25, 0.3) is 0 Å². The monoisotopic (exact) mass is 368 g/mol. The predicted molar refractivity (Wildman–Crippen MR) is 93.3 cm³/mol. The van der Waals surface area contributed by atoms with E-state index in [9.17, 15) is 9.59 Å². The summed E-state index contributed by atoms with van der Waals surface area (Å²) in [6.07, 6.45) is 0. The van der Waals surface area contributed by atoms with E-state index in [1.807, 2.05) is 0 Å². The highest BCUT2D eigenvalue weighted by Crippen LogP contribution is 2.28. The fraction of sp³-hybridized carbons (Fsp3) is 0.125. The molecule has 0 unspecified atom stereocenters. The Hall–Kier alpha value is -2.44. The number of amides is 2. The summed E-state index contributed by atoms with van der Waals surface area (Å²) >= 11 is 11.8. The molecule has 2 aromatic carbocycles. The van der Waals surface area contributed by atoms with Crippen molar-refractivity contribution in [3.63, 3.8) is 0 Å². The van der Waals surface area contributed by atoms with Crippen molar-refractivity contribution in [3.05, 3.63) is 46.4 Å². The molecule has 0 spiro atoms. The fourth-order valence-electron chi connectivity index (χ4n) is 1.89. The summed E-state index contributed by atoms with van der Waals surface area (Å²) < 4.78 is 10.1. The lowest BCUT2D eigenvalue weighted by Gasteiger charge is -2.11. The number of hydrogen-bond donors (Lipinski definition) is 2. The molecule has 8 heteroatoms. The van der Waals surface area contributed by atoms with Gasteiger partial charge in [0.15, 0.2) is 0 Å². The second-order valence-corrected chi connectivity index (χ2v) is 5.45. The lowest BCUT2D eigenvalue weighted by Crippen LogP contribution is -2.29. The Balaban J connectivity index is 2.09. The molecule has 2 N–H and O–H groups in total. The lowest BCUT2D eigenvalue weighted by atomic mass is 10.2. The molecule has 0 heterocycles. The first-order valence-electron chi connectivity index (χ1n) is 6.74. The van der Waals surface area contributed by atoms with Gasteiger partial charge in [0, 0.05) is 10.7 Å². The molecule has 0 aliphatic heterocycles. The van der Waals surface area contributed by atoms with Crippen LogP contribution in [0, 0.1) is 0 Å². The van der Waals surface area contributed by atoms with Gasteiger partial charge >= 0.3 is 11.8 Å². The van der Waals surface area contributed by atoms with Crippen LogP contribution < -0.4 is 20.1 Å². The van der Waals surface area contributed by atoms with Crippen molar-refractivity contribution in [1.29, 1.82) is 0 Å². The zero-order valence-electron chi connectivity index (χ0n) is 12.9. The second kappa shape index (κ2) is 7.90. The molecule has 0 atom stereocenters. The average Bonchev–Trinajstić information content (AvgIpc) is 2.55. The van der Waals surface area contributed by atoms with Gasteiger partial charge in [0.25, 0.3) is 0 Å². The highest BCUT2D eigenvalue weighted by Gasteiger charge is 2.17. The van der Waals surface area contributed by atoms with Crippen molar-refractivity contribution in [1.82, 2.24) is 0 Å². The minimum Gasteiger partial charge on any atom is -0.495 e. The van der Waals surface area contributed by atoms with E-state index in [-0.39, 0.29) is 5.69 Å². The summed E-state index contributed by atoms with van der Waals surface area (Å²) in [6.45, 7) is 0. The van der Waals surface area contributed by atoms with E-state index in [1.54, 1.807) is 24.3 Å². The van der Waals surface area contributed by atoms with E-state index in [4.69, 9.17) is 32.7 Å². The van der Waals surface area contributed by atoms with E-state index in [2.05, 4.69) is 10.6 Å². The number of anilines is 2. The van der Waals surface area contributed by atoms with Gasteiger partial charge in [0.1, 0.15) is 11.5 Å². The topological polar surface area (TPSA) is 76.7 Å². The molecule has 6 nitrogen and oxygen atoms in total. The summed E-state index contributed by atoms with van der Waals surface area (Å²) in [4.78, 5) is 24.0. The molecule has 126 valence electrons. The summed E-state index contributed by atoms with van der Waals surface area (Å²) in [6, 6.07) is 9.29. The van der Waals surface area contributed by atoms with Gasteiger partial charge in [-0.15, -0.1) is 0 Å². The molecule has 0 fully saturated rings. The van der Waals surface area contributed by atoms with Crippen LogP contribution >= 0.6 is 23.2 Å². The molecule has 0 aliphatic carbocycles. The van der Waals surface area contributed by atoms with Gasteiger partial charge in [-0.3, -0.25) is 9.59 Å². The standard InChI is InChI=1S/C16H14Cl2N2O4/c1-23-13-6-4-10(8-11(13)18)19-15(21)16(22)20-12-7-9(17)3-5-14(12)24-2/h3-8H,1-2H3,(H,19,21)(H,20,22). The number of rotatable bonds is 4. The number of methoxy groups -OCH3 is 2. The van der Waals surface area contributed by atoms with Crippen LogP contribution in [0.5, 0.6) is 11.5 Å². The van der Waals surface area contributed by atoms with Crippen LogP contribution in [-0.4, -0.2) is 26.0 Å². The second-order valence-electron chi connectivity index (χ2n) is 4.60. The fourth-order valence-corrected chi connectivity index (χ4v) is 2.32. The van der Waals surface area contributed by atoms with E-state index in [0.717, 1.165) is 0 Å². The summed E-state index contributed by atoms with van der Waals surface area (Å²) in [5.41, 5.74) is 0.650. The third-order valence-electron chi connectivity index (χ3n) is 3.03. The van der Waals surface area contributed by atoms with E-state index in [1.165, 1.54) is 26.4 Å². The predicted octanol–water partition coefficient (Wildman–Crippen LogP) is 3.59. The van der Waals surface area contributed by atoms with Crippen LogP contribution in [0.1, 0.15) is 0 Å². The number of hydrogen-bond acceptors (Lipinski definition) is 4. The minimum atomic E-state index is -0.873. The van der Waals surface area contributed by atoms with E-state index in [0.29, 0.717) is 27.2 Å². The minimum absolute atomic E-state index is 0.290. The van der Waals surface area contributed by atoms with Crippen molar-refractivity contribution < 1.29 is 19.1 Å². The summed E-state index contributed by atoms with van der Waals surface area (Å²) in [5.74, 6) is -0.892. The molecular formula is C16H14Cl2N2O4. The number of carbonyl (C=O) groups excluding carboxylic acids is 2. The van der Waals surface area contributed by atoms with Gasteiger partial charge in [0.2, 0.25) is 0 Å². The maximum atomic E-state index is 12.0. The first-order valence-corrected chi connectivity index (χ1v) is 7.49. The maximum absolute atomic E-state index is 12.0. The molecule has 24 heavy (non-hydrogen) atoms. The van der Waals surface area contributed by atoms with Gasteiger partial charge in [-0.1, -0.05) is 23.2 Å². The quantitative estimate of drug-likeness (QED) is 0.808. The van der Waals surface area contributed by atoms with Gasteiger partial charge in [-0.2, -0.15) is 0 Å². The maximum Gasteiger partial charge on any atom is 0.314 e. The largest absolute Gasteiger partial charge is 0.495 e. The first kappa shape index (κ1) is 17.9. The zero-order valence-corrected chi connectivity index (χ0v) is 14.4. The van der Waals surface area contributed by atoms with Crippen molar-refractivity contribution in [2.45, 2.75) is 0 Å². The zero-order chi connectivity index (χ0) is 17.7. The molecular weight excluding hydrogens is 355 g/mol. The average molecular weight is 369 g/mol. The van der Waals surface area contributed by atoms with Crippen molar-refractivity contribution in [2.24, 2.45) is 0 Å². The Morgan fingerprint density at radius 3 is 2.12 bits per heavy atom. The van der Waals surface area contributed by atoms with Crippen LogP contribution in [0.15, 0.2) is 36.4 Å². The van der Waals surface area contributed by atoms with Crippen LogP contribution in [-0.2, 0) is 9.59 Å². The Morgan fingerprint density at radius 2 is 1.50 bits per heavy atom. The summed E-state index contributed by atoms with van der Waals surface area (Å²) in [5, 5.41) is 5.59. The van der Waals surface area contributed by atoms with Gasteiger partial charge < -0.3 is 20.1 Å². The lowest BCUT2D eigenvalue weighted by molar-refractivity contribution is -0.133. The van der Waals surface area contributed by atoms with E-state index >= 15 is 0 Å². The molecule has 2 aromatic rings. The van der Waals surface area contributed by atoms with Crippen LogP contribution in [0.3, 0.4) is 0 Å². The van der Waals surface area contributed by atoms with Crippen LogP contribution in [0.4, 0.5) is 11.4 Å². The van der Waals surface area contributed by atoms with Crippen molar-refractivity contribution >= 4 is 46.4 Å². The normalized spacial score (nSPS) is 10.0. The molecule has 0 saturated carbocycles. The van der Waals surface area contributed by atoms with E-state index < -0.39 is 11.8 Å². The number of benzene rings is 2. The molecule has 0 aliphatic rings. The van der Waals surface area contributed by atoms with Gasteiger partial charge in [0.05, 0.1) is 24.9 Å². The first-order chi connectivity index (χ1) is 11.4. The highest BCUT2D eigenvalue weighted by molar-refractivity contribution is 6.44. The summed E-state index contributed by atoms with van der Waals surface area (Å²) in [7, 11) is 2.92. The Bertz CT molecular complexity index is 781. The van der Waals surface area contributed by atoms with Crippen molar-refractivity contribution in [3.8, 4) is 11.5 Å². The number of ether oxygens (including phenoxy) is 2. The van der Waals surface area contributed by atoms with Crippen LogP contribution in [0.2, 0.25) is 10.0 Å². The Morgan fingerprint density at radius 1 is 0.875 bits per heavy atom. The van der Waals surface area contributed by atoms with Gasteiger partial charge in [-0.25, -0.2) is 0 Å². The van der Waals surface area contributed by atoms with Crippen molar-refractivity contribution in [2.75, 3.05) is 24.9 Å². The SMILES string of the molecule is COc1ccc(NC(=O)C(=O)Nc2cc(Cl)ccc2OC)cc1Cl. The third-order valence-corrected chi connectivity index (χ3v) is 3.56. The Kier molecular flexibility index (Phi) is 5.89. The third kappa shape index (κ3) is 4.31. The highest BCUT2D eigenvalue weighted by atomic mass is 35.5. The smallest absolute Gasteiger partial charge is 0.314 e. The number of carbonyl (C=O) groups is 2. The molecule has 2 rings (SSSR count). The molecule has 0 bridgehead atoms. The molecule has 0 saturated heterocycles. The number of halogens is 2.